The van der Waals surface area contributed by atoms with Crippen molar-refractivity contribution in [3.05, 3.63) is 0 Å². The van der Waals surface area contributed by atoms with Gasteiger partial charge in [0.1, 0.15) is 0 Å². The number of hydrogen-bond donors (Lipinski definition) is 3. The SMILES string of the molecule is O=C(O)C1CCCCC1NC(=O)N1CCCC(CCO)C1. The minimum Gasteiger partial charge on any atom is -0.481 e. The lowest BCUT2D eigenvalue weighted by molar-refractivity contribution is -0.143. The second-order valence-corrected chi connectivity index (χ2v) is 6.25. The van der Waals surface area contributed by atoms with Gasteiger partial charge < -0.3 is 20.4 Å². The van der Waals surface area contributed by atoms with Crippen molar-refractivity contribution in [2.75, 3.05) is 19.7 Å². The minimum absolute atomic E-state index is 0.143. The van der Waals surface area contributed by atoms with E-state index >= 15 is 0 Å². The zero-order valence-corrected chi connectivity index (χ0v) is 12.5. The van der Waals surface area contributed by atoms with Gasteiger partial charge in [-0.1, -0.05) is 12.8 Å². The number of aliphatic hydroxyl groups is 1. The van der Waals surface area contributed by atoms with Crippen LogP contribution in [0.4, 0.5) is 4.79 Å². The van der Waals surface area contributed by atoms with Crippen molar-refractivity contribution in [3.63, 3.8) is 0 Å². The quantitative estimate of drug-likeness (QED) is 0.732. The Bertz CT molecular complexity index is 373. The molecular weight excluding hydrogens is 272 g/mol. The number of piperidine rings is 1. The Morgan fingerprint density at radius 1 is 1.14 bits per heavy atom. The van der Waals surface area contributed by atoms with E-state index in [-0.39, 0.29) is 18.7 Å². The molecule has 0 aromatic rings. The van der Waals surface area contributed by atoms with Crippen molar-refractivity contribution in [1.29, 1.82) is 0 Å². The fourth-order valence-corrected chi connectivity index (χ4v) is 3.52. The molecular formula is C15H26N2O4. The molecule has 0 spiro atoms. The lowest BCUT2D eigenvalue weighted by Gasteiger charge is -2.36. The Hall–Kier alpha value is -1.30. The molecule has 2 amide bonds. The number of aliphatic hydroxyl groups excluding tert-OH is 1. The molecule has 1 aliphatic heterocycles. The summed E-state index contributed by atoms with van der Waals surface area (Å²) < 4.78 is 0. The number of carboxylic acids is 1. The highest BCUT2D eigenvalue weighted by molar-refractivity contribution is 5.77. The van der Waals surface area contributed by atoms with Gasteiger partial charge in [0, 0.05) is 25.7 Å². The zero-order valence-electron chi connectivity index (χ0n) is 12.5. The van der Waals surface area contributed by atoms with Gasteiger partial charge in [-0.15, -0.1) is 0 Å². The van der Waals surface area contributed by atoms with Crippen LogP contribution in [0.25, 0.3) is 0 Å². The molecule has 6 nitrogen and oxygen atoms in total. The van der Waals surface area contributed by atoms with Crippen molar-refractivity contribution in [3.8, 4) is 0 Å². The number of likely N-dealkylation sites (tertiary alicyclic amines) is 1. The summed E-state index contributed by atoms with van der Waals surface area (Å²) >= 11 is 0. The fourth-order valence-electron chi connectivity index (χ4n) is 3.52. The molecule has 3 unspecified atom stereocenters. The van der Waals surface area contributed by atoms with E-state index in [1.165, 1.54) is 0 Å². The van der Waals surface area contributed by atoms with E-state index in [2.05, 4.69) is 5.32 Å². The monoisotopic (exact) mass is 298 g/mol. The minimum atomic E-state index is -0.809. The lowest BCUT2D eigenvalue weighted by Crippen LogP contribution is -2.52. The van der Waals surface area contributed by atoms with E-state index in [1.54, 1.807) is 4.90 Å². The highest BCUT2D eigenvalue weighted by atomic mass is 16.4. The largest absolute Gasteiger partial charge is 0.481 e. The average Bonchev–Trinajstić information content (AvgIpc) is 2.48. The van der Waals surface area contributed by atoms with Crippen LogP contribution in [0.2, 0.25) is 0 Å². The van der Waals surface area contributed by atoms with Gasteiger partial charge in [0.05, 0.1) is 5.92 Å². The molecule has 0 aromatic carbocycles. The molecule has 2 rings (SSSR count). The standard InChI is InChI=1S/C15H26N2O4/c18-9-7-11-4-3-8-17(10-11)15(21)16-13-6-2-1-5-12(13)14(19)20/h11-13,18H,1-10H2,(H,16,21)(H,19,20). The molecule has 1 aliphatic carbocycles. The van der Waals surface area contributed by atoms with Crippen LogP contribution in [0.1, 0.15) is 44.9 Å². The number of rotatable bonds is 4. The zero-order chi connectivity index (χ0) is 15.2. The van der Waals surface area contributed by atoms with Crippen molar-refractivity contribution >= 4 is 12.0 Å². The van der Waals surface area contributed by atoms with Gasteiger partial charge in [-0.25, -0.2) is 4.79 Å². The van der Waals surface area contributed by atoms with Gasteiger partial charge in [0.15, 0.2) is 0 Å². The Kier molecular flexibility index (Phi) is 5.85. The van der Waals surface area contributed by atoms with Crippen molar-refractivity contribution in [2.24, 2.45) is 11.8 Å². The van der Waals surface area contributed by atoms with E-state index in [9.17, 15) is 14.7 Å². The van der Waals surface area contributed by atoms with Gasteiger partial charge in [-0.2, -0.15) is 0 Å². The maximum absolute atomic E-state index is 12.3. The summed E-state index contributed by atoms with van der Waals surface area (Å²) in [6, 6.07) is -0.391. The van der Waals surface area contributed by atoms with Crippen molar-refractivity contribution < 1.29 is 19.8 Å². The van der Waals surface area contributed by atoms with E-state index in [1.807, 2.05) is 0 Å². The van der Waals surface area contributed by atoms with Gasteiger partial charge in [-0.3, -0.25) is 4.79 Å². The topological polar surface area (TPSA) is 89.9 Å². The number of nitrogens with one attached hydrogen (secondary N) is 1. The Morgan fingerprint density at radius 2 is 1.90 bits per heavy atom. The third kappa shape index (κ3) is 4.33. The summed E-state index contributed by atoms with van der Waals surface area (Å²) in [5.41, 5.74) is 0. The molecule has 3 N–H and O–H groups in total. The first kappa shape index (κ1) is 16.1. The number of carbonyl (C=O) groups excluding carboxylic acids is 1. The summed E-state index contributed by atoms with van der Waals surface area (Å²) in [5, 5.41) is 21.2. The maximum Gasteiger partial charge on any atom is 0.317 e. The number of hydrogen-bond acceptors (Lipinski definition) is 3. The van der Waals surface area contributed by atoms with E-state index < -0.39 is 11.9 Å². The number of carboxylic acid groups (broad SMARTS) is 1. The number of nitrogens with zero attached hydrogens (tertiary/aromatic N) is 1. The summed E-state index contributed by atoms with van der Waals surface area (Å²) in [6.07, 6.45) is 6.01. The summed E-state index contributed by atoms with van der Waals surface area (Å²) in [7, 11) is 0. The number of aliphatic carboxylic acids is 1. The van der Waals surface area contributed by atoms with Crippen LogP contribution in [0.5, 0.6) is 0 Å². The second kappa shape index (κ2) is 7.64. The van der Waals surface area contributed by atoms with Crippen LogP contribution in [0.3, 0.4) is 0 Å². The Labute approximate surface area is 125 Å². The fraction of sp³-hybridized carbons (Fsp3) is 0.867. The van der Waals surface area contributed by atoms with Crippen LogP contribution >= 0.6 is 0 Å². The summed E-state index contributed by atoms with van der Waals surface area (Å²) in [4.78, 5) is 25.4. The average molecular weight is 298 g/mol. The van der Waals surface area contributed by atoms with Crippen LogP contribution in [-0.2, 0) is 4.79 Å². The molecule has 1 saturated heterocycles. The van der Waals surface area contributed by atoms with Crippen molar-refractivity contribution in [2.45, 2.75) is 51.0 Å². The molecule has 120 valence electrons. The maximum atomic E-state index is 12.3. The molecule has 3 atom stereocenters. The molecule has 1 saturated carbocycles. The van der Waals surface area contributed by atoms with Crippen LogP contribution in [0.15, 0.2) is 0 Å². The molecule has 0 aromatic heterocycles. The molecule has 6 heteroatoms. The highest BCUT2D eigenvalue weighted by Crippen LogP contribution is 2.25. The van der Waals surface area contributed by atoms with Crippen LogP contribution in [0, 0.1) is 11.8 Å². The predicted octanol–water partition coefficient (Wildman–Crippen LogP) is 1.43. The predicted molar refractivity (Wildman–Crippen MR) is 77.9 cm³/mol. The molecule has 0 bridgehead atoms. The smallest absolute Gasteiger partial charge is 0.317 e. The van der Waals surface area contributed by atoms with Gasteiger partial charge >= 0.3 is 12.0 Å². The van der Waals surface area contributed by atoms with Crippen molar-refractivity contribution in [1.82, 2.24) is 10.2 Å². The number of amides is 2. The summed E-state index contributed by atoms with van der Waals surface area (Å²) in [6.45, 7) is 1.54. The number of carbonyl (C=O) groups is 2. The molecule has 2 fully saturated rings. The normalized spacial score (nSPS) is 30.0. The van der Waals surface area contributed by atoms with Gasteiger partial charge in [0.2, 0.25) is 0 Å². The van der Waals surface area contributed by atoms with E-state index in [0.29, 0.717) is 18.9 Å². The molecule has 2 aliphatic rings. The van der Waals surface area contributed by atoms with E-state index in [0.717, 1.165) is 45.1 Å². The molecule has 21 heavy (non-hydrogen) atoms. The van der Waals surface area contributed by atoms with Gasteiger partial charge in [0.25, 0.3) is 0 Å². The summed E-state index contributed by atoms with van der Waals surface area (Å²) in [5.74, 6) is -0.909. The second-order valence-electron chi connectivity index (χ2n) is 6.25. The first-order valence-corrected chi connectivity index (χ1v) is 8.01. The molecule has 1 heterocycles. The lowest BCUT2D eigenvalue weighted by atomic mass is 9.84. The van der Waals surface area contributed by atoms with E-state index in [4.69, 9.17) is 5.11 Å². The highest BCUT2D eigenvalue weighted by Gasteiger charge is 2.33. The Morgan fingerprint density at radius 3 is 2.62 bits per heavy atom. The third-order valence-corrected chi connectivity index (χ3v) is 4.74. The Balaban J connectivity index is 1.88. The van der Waals surface area contributed by atoms with Crippen LogP contribution in [-0.4, -0.2) is 52.9 Å². The number of urea groups is 1. The first-order valence-electron chi connectivity index (χ1n) is 8.01. The van der Waals surface area contributed by atoms with Crippen LogP contribution < -0.4 is 5.32 Å². The van der Waals surface area contributed by atoms with Gasteiger partial charge in [-0.05, 0) is 38.0 Å². The third-order valence-electron chi connectivity index (χ3n) is 4.74. The molecule has 0 radical (unpaired) electrons. The first-order chi connectivity index (χ1) is 10.1.